The van der Waals surface area contributed by atoms with Crippen molar-refractivity contribution < 1.29 is 14.7 Å². The van der Waals surface area contributed by atoms with Gasteiger partial charge in [-0.1, -0.05) is 13.8 Å². The molecule has 0 radical (unpaired) electrons. The van der Waals surface area contributed by atoms with Gasteiger partial charge in [0.05, 0.1) is 0 Å². The van der Waals surface area contributed by atoms with Gasteiger partial charge in [-0.2, -0.15) is 0 Å². The summed E-state index contributed by atoms with van der Waals surface area (Å²) in [5, 5.41) is 11.3. The monoisotopic (exact) mass is 230 g/mol. The summed E-state index contributed by atoms with van der Waals surface area (Å²) < 4.78 is 0. The Labute approximate surface area is 96.8 Å². The molecule has 0 heterocycles. The van der Waals surface area contributed by atoms with Crippen LogP contribution in [0, 0.1) is 5.92 Å². The third-order valence-corrected chi connectivity index (χ3v) is 2.23. The molecule has 5 nitrogen and oxygen atoms in total. The quantitative estimate of drug-likeness (QED) is 0.652. The third-order valence-electron chi connectivity index (χ3n) is 2.23. The Morgan fingerprint density at radius 1 is 1.38 bits per heavy atom. The van der Waals surface area contributed by atoms with E-state index in [1.54, 1.807) is 6.92 Å². The van der Waals surface area contributed by atoms with Crippen molar-refractivity contribution in [2.75, 3.05) is 19.6 Å². The van der Waals surface area contributed by atoms with Crippen LogP contribution in [-0.2, 0) is 4.79 Å². The van der Waals surface area contributed by atoms with Crippen LogP contribution in [0.15, 0.2) is 0 Å². The number of carbonyl (C=O) groups excluding carboxylic acids is 1. The number of carboxylic acid groups (broad SMARTS) is 1. The lowest BCUT2D eigenvalue weighted by Gasteiger charge is -2.19. The van der Waals surface area contributed by atoms with Gasteiger partial charge in [-0.05, 0) is 25.7 Å². The molecule has 0 aliphatic rings. The fourth-order valence-corrected chi connectivity index (χ4v) is 1.31. The topological polar surface area (TPSA) is 69.6 Å². The van der Waals surface area contributed by atoms with Gasteiger partial charge in [0.15, 0.2) is 0 Å². The van der Waals surface area contributed by atoms with Crippen LogP contribution < -0.4 is 5.32 Å². The van der Waals surface area contributed by atoms with Crippen molar-refractivity contribution >= 4 is 12.0 Å². The Bertz CT molecular complexity index is 229. The molecule has 0 aromatic carbocycles. The van der Waals surface area contributed by atoms with Crippen LogP contribution in [0.5, 0.6) is 0 Å². The summed E-state index contributed by atoms with van der Waals surface area (Å²) >= 11 is 0. The first-order valence-electron chi connectivity index (χ1n) is 5.72. The smallest absolute Gasteiger partial charge is 0.323 e. The maximum atomic E-state index is 11.5. The molecule has 0 spiro atoms. The second-order valence-electron chi connectivity index (χ2n) is 4.18. The maximum Gasteiger partial charge on any atom is 0.323 e. The van der Waals surface area contributed by atoms with Crippen LogP contribution in [0.4, 0.5) is 4.79 Å². The van der Waals surface area contributed by atoms with Crippen molar-refractivity contribution in [3.63, 3.8) is 0 Å². The summed E-state index contributed by atoms with van der Waals surface area (Å²) in [6.07, 6.45) is 1.99. The summed E-state index contributed by atoms with van der Waals surface area (Å²) in [4.78, 5) is 23.3. The van der Waals surface area contributed by atoms with Crippen molar-refractivity contribution in [1.82, 2.24) is 10.2 Å². The molecule has 2 amide bonds. The van der Waals surface area contributed by atoms with E-state index in [9.17, 15) is 9.59 Å². The SMILES string of the molecule is CCN(CC(=O)O)C(=O)NCCCC(C)C. The Balaban J connectivity index is 3.80. The zero-order valence-corrected chi connectivity index (χ0v) is 10.3. The van der Waals surface area contributed by atoms with Gasteiger partial charge in [0, 0.05) is 13.1 Å². The van der Waals surface area contributed by atoms with Crippen molar-refractivity contribution in [1.29, 1.82) is 0 Å². The fourth-order valence-electron chi connectivity index (χ4n) is 1.31. The molecule has 0 atom stereocenters. The van der Waals surface area contributed by atoms with E-state index in [-0.39, 0.29) is 12.6 Å². The van der Waals surface area contributed by atoms with Crippen molar-refractivity contribution in [3.8, 4) is 0 Å². The predicted molar refractivity (Wildman–Crippen MR) is 62.4 cm³/mol. The zero-order valence-electron chi connectivity index (χ0n) is 10.3. The minimum absolute atomic E-state index is 0.244. The van der Waals surface area contributed by atoms with Gasteiger partial charge in [0.25, 0.3) is 0 Å². The Hall–Kier alpha value is -1.26. The molecular weight excluding hydrogens is 208 g/mol. The molecule has 5 heteroatoms. The van der Waals surface area contributed by atoms with Crippen molar-refractivity contribution in [3.05, 3.63) is 0 Å². The third kappa shape index (κ3) is 7.09. The minimum atomic E-state index is -0.987. The molecule has 0 saturated heterocycles. The molecular formula is C11H22N2O3. The maximum absolute atomic E-state index is 11.5. The Morgan fingerprint density at radius 3 is 2.44 bits per heavy atom. The molecule has 0 fully saturated rings. The first-order valence-corrected chi connectivity index (χ1v) is 5.72. The first-order chi connectivity index (χ1) is 7.47. The summed E-state index contributed by atoms with van der Waals surface area (Å²) in [5.41, 5.74) is 0. The summed E-state index contributed by atoms with van der Waals surface area (Å²) in [6, 6.07) is -0.298. The largest absolute Gasteiger partial charge is 0.480 e. The molecule has 0 unspecified atom stereocenters. The van der Waals surface area contributed by atoms with E-state index in [0.29, 0.717) is 19.0 Å². The molecule has 94 valence electrons. The van der Waals surface area contributed by atoms with E-state index in [1.807, 2.05) is 0 Å². The predicted octanol–water partition coefficient (Wildman–Crippen LogP) is 1.54. The highest BCUT2D eigenvalue weighted by molar-refractivity contribution is 5.79. The number of nitrogens with one attached hydrogen (secondary N) is 1. The van der Waals surface area contributed by atoms with Crippen molar-refractivity contribution in [2.24, 2.45) is 5.92 Å². The van der Waals surface area contributed by atoms with Gasteiger partial charge in [-0.15, -0.1) is 0 Å². The lowest BCUT2D eigenvalue weighted by Crippen LogP contribution is -2.42. The lowest BCUT2D eigenvalue weighted by atomic mass is 10.1. The molecule has 0 bridgehead atoms. The molecule has 0 saturated carbocycles. The van der Waals surface area contributed by atoms with E-state index in [4.69, 9.17) is 5.11 Å². The molecule has 16 heavy (non-hydrogen) atoms. The number of likely N-dealkylation sites (N-methyl/N-ethyl adjacent to an activating group) is 1. The second kappa shape index (κ2) is 7.96. The molecule has 2 N–H and O–H groups in total. The zero-order chi connectivity index (χ0) is 12.6. The van der Waals surface area contributed by atoms with Gasteiger partial charge in [0.1, 0.15) is 6.54 Å². The fraction of sp³-hybridized carbons (Fsp3) is 0.818. The number of urea groups is 1. The number of carbonyl (C=O) groups is 2. The van der Waals surface area contributed by atoms with E-state index in [0.717, 1.165) is 12.8 Å². The highest BCUT2D eigenvalue weighted by atomic mass is 16.4. The van der Waals surface area contributed by atoms with E-state index >= 15 is 0 Å². The van der Waals surface area contributed by atoms with Crippen LogP contribution in [0.1, 0.15) is 33.6 Å². The number of nitrogens with zero attached hydrogens (tertiary/aromatic N) is 1. The number of rotatable bonds is 7. The van der Waals surface area contributed by atoms with E-state index < -0.39 is 5.97 Å². The van der Waals surface area contributed by atoms with Gasteiger partial charge >= 0.3 is 12.0 Å². The summed E-state index contributed by atoms with van der Waals surface area (Å²) in [6.45, 7) is 6.79. The van der Waals surface area contributed by atoms with Gasteiger partial charge in [-0.25, -0.2) is 4.79 Å². The number of carboxylic acids is 1. The van der Waals surface area contributed by atoms with E-state index in [1.165, 1.54) is 4.90 Å². The van der Waals surface area contributed by atoms with Gasteiger partial charge in [-0.3, -0.25) is 4.79 Å². The highest BCUT2D eigenvalue weighted by Gasteiger charge is 2.13. The molecule has 0 aliphatic carbocycles. The van der Waals surface area contributed by atoms with Gasteiger partial charge in [0.2, 0.25) is 0 Å². The number of amides is 2. The van der Waals surface area contributed by atoms with Crippen LogP contribution in [0.2, 0.25) is 0 Å². The lowest BCUT2D eigenvalue weighted by molar-refractivity contribution is -0.137. The highest BCUT2D eigenvalue weighted by Crippen LogP contribution is 2.01. The minimum Gasteiger partial charge on any atom is -0.480 e. The Kier molecular flexibility index (Phi) is 7.33. The van der Waals surface area contributed by atoms with Crippen LogP contribution >= 0.6 is 0 Å². The molecule has 0 rings (SSSR count). The normalized spacial score (nSPS) is 10.2. The van der Waals surface area contributed by atoms with Gasteiger partial charge < -0.3 is 15.3 Å². The van der Waals surface area contributed by atoms with Crippen LogP contribution in [0.3, 0.4) is 0 Å². The second-order valence-corrected chi connectivity index (χ2v) is 4.18. The average molecular weight is 230 g/mol. The summed E-state index contributed by atoms with van der Waals surface area (Å²) in [5.74, 6) is -0.364. The molecule has 0 aromatic rings. The van der Waals surface area contributed by atoms with Crippen LogP contribution in [-0.4, -0.2) is 41.6 Å². The standard InChI is InChI=1S/C11H22N2O3/c1-4-13(8-10(14)15)11(16)12-7-5-6-9(2)3/h9H,4-8H2,1-3H3,(H,12,16)(H,14,15). The number of hydrogen-bond donors (Lipinski definition) is 2. The number of hydrogen-bond acceptors (Lipinski definition) is 2. The number of aliphatic carboxylic acids is 1. The van der Waals surface area contributed by atoms with E-state index in [2.05, 4.69) is 19.2 Å². The first kappa shape index (κ1) is 14.7. The van der Waals surface area contributed by atoms with Crippen LogP contribution in [0.25, 0.3) is 0 Å². The molecule has 0 aliphatic heterocycles. The average Bonchev–Trinajstić information content (AvgIpc) is 2.20. The van der Waals surface area contributed by atoms with Crippen molar-refractivity contribution in [2.45, 2.75) is 33.6 Å². The molecule has 0 aromatic heterocycles. The summed E-state index contributed by atoms with van der Waals surface area (Å²) in [7, 11) is 0. The Morgan fingerprint density at radius 2 is 2.00 bits per heavy atom.